The monoisotopic (exact) mass is 508 g/mol. The van der Waals surface area contributed by atoms with E-state index < -0.39 is 6.10 Å². The summed E-state index contributed by atoms with van der Waals surface area (Å²) in [7, 11) is 1.70. The van der Waals surface area contributed by atoms with Crippen LogP contribution in [0.5, 0.6) is 11.5 Å². The fourth-order valence-electron chi connectivity index (χ4n) is 5.12. The number of ether oxygens (including phenoxy) is 3. The number of carbonyl (C=O) groups is 1. The molecule has 0 aliphatic carbocycles. The van der Waals surface area contributed by atoms with Gasteiger partial charge in [0, 0.05) is 0 Å². The molecular weight excluding hydrogens is 472 g/mol. The lowest BCUT2D eigenvalue weighted by Crippen LogP contribution is -2.15. The largest absolute Gasteiger partial charge is 0.497 e. The molecular formula is C34H36O4. The minimum Gasteiger partial charge on any atom is -0.497 e. The lowest BCUT2D eigenvalue weighted by atomic mass is 9.97. The summed E-state index contributed by atoms with van der Waals surface area (Å²) in [6.45, 7) is 0. The Kier molecular flexibility index (Phi) is 8.72. The van der Waals surface area contributed by atoms with Crippen molar-refractivity contribution >= 4 is 16.7 Å². The van der Waals surface area contributed by atoms with Gasteiger partial charge in [-0.2, -0.15) is 0 Å². The molecule has 4 nitrogen and oxygen atoms in total. The fourth-order valence-corrected chi connectivity index (χ4v) is 5.12. The van der Waals surface area contributed by atoms with Gasteiger partial charge >= 0.3 is 5.97 Å². The van der Waals surface area contributed by atoms with Crippen LogP contribution in [-0.4, -0.2) is 19.2 Å². The van der Waals surface area contributed by atoms with Crippen molar-refractivity contribution in [3.8, 4) is 11.5 Å². The van der Waals surface area contributed by atoms with Crippen molar-refractivity contribution in [2.45, 2.75) is 63.6 Å². The van der Waals surface area contributed by atoms with E-state index >= 15 is 0 Å². The molecule has 0 bridgehead atoms. The van der Waals surface area contributed by atoms with Gasteiger partial charge in [0.1, 0.15) is 17.6 Å². The second-order valence-electron chi connectivity index (χ2n) is 10.1. The molecule has 4 aromatic rings. The van der Waals surface area contributed by atoms with Gasteiger partial charge in [0.05, 0.1) is 7.11 Å². The SMILES string of the molecule is COc1ccc(CCCCCCCCc2ccccc2C2OC2C(=O)Oc2ccc3ccccc3c2)cc1. The molecule has 38 heavy (non-hydrogen) atoms. The van der Waals surface area contributed by atoms with Crippen molar-refractivity contribution < 1.29 is 19.0 Å². The van der Waals surface area contributed by atoms with E-state index in [1.165, 1.54) is 43.2 Å². The van der Waals surface area contributed by atoms with E-state index in [9.17, 15) is 4.79 Å². The molecule has 4 heteroatoms. The zero-order chi connectivity index (χ0) is 26.2. The highest BCUT2D eigenvalue weighted by Crippen LogP contribution is 2.41. The highest BCUT2D eigenvalue weighted by atomic mass is 16.6. The first-order chi connectivity index (χ1) is 18.7. The molecule has 1 aliphatic heterocycles. The Morgan fingerprint density at radius 2 is 1.37 bits per heavy atom. The van der Waals surface area contributed by atoms with E-state index in [2.05, 4.69) is 30.3 Å². The number of esters is 1. The van der Waals surface area contributed by atoms with Crippen LogP contribution in [-0.2, 0) is 22.4 Å². The number of epoxide rings is 1. The van der Waals surface area contributed by atoms with Gasteiger partial charge < -0.3 is 14.2 Å². The highest BCUT2D eigenvalue weighted by molar-refractivity contribution is 5.86. The molecule has 1 fully saturated rings. The normalized spacial score (nSPS) is 16.3. The summed E-state index contributed by atoms with van der Waals surface area (Å²) in [5, 5.41) is 2.17. The molecule has 0 radical (unpaired) electrons. The van der Waals surface area contributed by atoms with Crippen LogP contribution in [0.4, 0.5) is 0 Å². The number of hydrogen-bond acceptors (Lipinski definition) is 4. The first-order valence-corrected chi connectivity index (χ1v) is 13.8. The van der Waals surface area contributed by atoms with E-state index in [0.717, 1.165) is 41.3 Å². The molecule has 0 amide bonds. The van der Waals surface area contributed by atoms with Crippen LogP contribution in [0.1, 0.15) is 61.3 Å². The maximum absolute atomic E-state index is 12.8. The molecule has 2 unspecified atom stereocenters. The van der Waals surface area contributed by atoms with Crippen molar-refractivity contribution in [3.05, 3.63) is 108 Å². The average molecular weight is 509 g/mol. The van der Waals surface area contributed by atoms with Gasteiger partial charge in [0.2, 0.25) is 0 Å². The van der Waals surface area contributed by atoms with Crippen LogP contribution in [0.3, 0.4) is 0 Å². The number of fused-ring (bicyclic) bond motifs is 1. The lowest BCUT2D eigenvalue weighted by Gasteiger charge is -2.08. The molecule has 5 rings (SSSR count). The lowest BCUT2D eigenvalue weighted by molar-refractivity contribution is -0.135. The predicted molar refractivity (Wildman–Crippen MR) is 152 cm³/mol. The number of benzene rings is 4. The zero-order valence-electron chi connectivity index (χ0n) is 22.1. The third-order valence-electron chi connectivity index (χ3n) is 7.35. The summed E-state index contributed by atoms with van der Waals surface area (Å²) < 4.78 is 16.7. The van der Waals surface area contributed by atoms with E-state index in [4.69, 9.17) is 14.2 Å². The molecule has 0 spiro atoms. The van der Waals surface area contributed by atoms with Crippen molar-refractivity contribution in [3.63, 3.8) is 0 Å². The third-order valence-corrected chi connectivity index (χ3v) is 7.35. The fraction of sp³-hybridized carbons (Fsp3) is 0.324. The highest BCUT2D eigenvalue weighted by Gasteiger charge is 2.48. The molecule has 1 saturated heterocycles. The minimum absolute atomic E-state index is 0.211. The Hall–Kier alpha value is -3.63. The van der Waals surface area contributed by atoms with Crippen LogP contribution < -0.4 is 9.47 Å². The third kappa shape index (κ3) is 6.81. The summed E-state index contributed by atoms with van der Waals surface area (Å²) in [6, 6.07) is 30.5. The average Bonchev–Trinajstić information content (AvgIpc) is 3.76. The summed E-state index contributed by atoms with van der Waals surface area (Å²) >= 11 is 0. The Bertz CT molecular complexity index is 1340. The second-order valence-corrected chi connectivity index (χ2v) is 10.1. The molecule has 2 atom stereocenters. The van der Waals surface area contributed by atoms with Gasteiger partial charge in [-0.1, -0.05) is 92.4 Å². The molecule has 0 aromatic heterocycles. The number of aryl methyl sites for hydroxylation is 2. The molecule has 1 heterocycles. The van der Waals surface area contributed by atoms with Gasteiger partial charge in [-0.3, -0.25) is 0 Å². The zero-order valence-corrected chi connectivity index (χ0v) is 22.1. The maximum atomic E-state index is 12.8. The predicted octanol–water partition coefficient (Wildman–Crippen LogP) is 8.02. The van der Waals surface area contributed by atoms with E-state index in [0.29, 0.717) is 5.75 Å². The van der Waals surface area contributed by atoms with Crippen LogP contribution in [0.25, 0.3) is 10.8 Å². The Morgan fingerprint density at radius 1 is 0.711 bits per heavy atom. The van der Waals surface area contributed by atoms with Gasteiger partial charge in [0.15, 0.2) is 6.10 Å². The summed E-state index contributed by atoms with van der Waals surface area (Å²) in [4.78, 5) is 12.8. The molecule has 4 aromatic carbocycles. The van der Waals surface area contributed by atoms with E-state index in [1.807, 2.05) is 60.7 Å². The van der Waals surface area contributed by atoms with Gasteiger partial charge in [-0.25, -0.2) is 4.79 Å². The summed E-state index contributed by atoms with van der Waals surface area (Å²) in [5.74, 6) is 1.15. The summed E-state index contributed by atoms with van der Waals surface area (Å²) in [5.41, 5.74) is 3.77. The summed E-state index contributed by atoms with van der Waals surface area (Å²) in [6.07, 6.45) is 8.77. The van der Waals surface area contributed by atoms with Crippen LogP contribution in [0.15, 0.2) is 91.0 Å². The number of rotatable bonds is 13. The van der Waals surface area contributed by atoms with Crippen molar-refractivity contribution in [2.75, 3.05) is 7.11 Å². The molecule has 1 aliphatic rings. The van der Waals surface area contributed by atoms with Crippen LogP contribution in [0, 0.1) is 0 Å². The smallest absolute Gasteiger partial charge is 0.343 e. The quantitative estimate of drug-likeness (QED) is 0.0794. The maximum Gasteiger partial charge on any atom is 0.343 e. The number of methoxy groups -OCH3 is 1. The van der Waals surface area contributed by atoms with Gasteiger partial charge in [-0.15, -0.1) is 0 Å². The number of carbonyl (C=O) groups excluding carboxylic acids is 1. The van der Waals surface area contributed by atoms with E-state index in [1.54, 1.807) is 7.11 Å². The number of unbranched alkanes of at least 4 members (excludes halogenated alkanes) is 5. The Labute approximate surface area is 225 Å². The molecule has 196 valence electrons. The topological polar surface area (TPSA) is 48.1 Å². The number of hydrogen-bond donors (Lipinski definition) is 0. The minimum atomic E-state index is -0.534. The first kappa shape index (κ1) is 26.0. The van der Waals surface area contributed by atoms with Crippen LogP contribution in [0.2, 0.25) is 0 Å². The second kappa shape index (κ2) is 12.7. The Morgan fingerprint density at radius 3 is 2.16 bits per heavy atom. The van der Waals surface area contributed by atoms with Gasteiger partial charge in [-0.05, 0) is 77.4 Å². The van der Waals surface area contributed by atoms with E-state index in [-0.39, 0.29) is 12.1 Å². The van der Waals surface area contributed by atoms with Gasteiger partial charge in [0.25, 0.3) is 0 Å². The molecule has 0 N–H and O–H groups in total. The first-order valence-electron chi connectivity index (χ1n) is 13.8. The molecule has 0 saturated carbocycles. The Balaban J connectivity index is 1.03. The standard InChI is InChI=1S/C34H36O4/c1-36-29-21-18-25(19-22-29)12-6-4-2-3-5-7-14-27-15-10-11-17-31(27)32-33(38-32)34(35)37-30-23-20-26-13-8-9-16-28(26)24-30/h8-11,13,15-24,32-33H,2-7,12,14H2,1H3. The van der Waals surface area contributed by atoms with Crippen molar-refractivity contribution in [1.29, 1.82) is 0 Å². The van der Waals surface area contributed by atoms with Crippen LogP contribution >= 0.6 is 0 Å². The van der Waals surface area contributed by atoms with Crippen molar-refractivity contribution in [2.24, 2.45) is 0 Å². The van der Waals surface area contributed by atoms with Crippen molar-refractivity contribution in [1.82, 2.24) is 0 Å².